The van der Waals surface area contributed by atoms with Gasteiger partial charge in [-0.2, -0.15) is 0 Å². The number of hydrogen-bond donors (Lipinski definition) is 2. The van der Waals surface area contributed by atoms with Crippen molar-refractivity contribution in [3.63, 3.8) is 0 Å². The zero-order valence-electron chi connectivity index (χ0n) is 10.3. The predicted octanol–water partition coefficient (Wildman–Crippen LogP) is 2.25. The molecule has 0 radical (unpaired) electrons. The highest BCUT2D eigenvalue weighted by atomic mass is 16.4. The molecular weight excluding hydrogens is 214 g/mol. The van der Waals surface area contributed by atoms with Gasteiger partial charge in [0.1, 0.15) is 6.04 Å². The minimum atomic E-state index is -0.905. The van der Waals surface area contributed by atoms with Gasteiger partial charge in [0, 0.05) is 5.41 Å². The highest BCUT2D eigenvalue weighted by Gasteiger charge is 2.52. The van der Waals surface area contributed by atoms with E-state index in [4.69, 9.17) is 10.8 Å². The van der Waals surface area contributed by atoms with Crippen LogP contribution in [-0.2, 0) is 10.2 Å². The third-order valence-electron chi connectivity index (χ3n) is 3.78. The first-order chi connectivity index (χ1) is 7.97. The van der Waals surface area contributed by atoms with Crippen LogP contribution in [0.1, 0.15) is 43.7 Å². The lowest BCUT2D eigenvalue weighted by molar-refractivity contribution is -0.139. The fourth-order valence-corrected chi connectivity index (χ4v) is 2.36. The van der Waals surface area contributed by atoms with Crippen LogP contribution in [0.25, 0.3) is 0 Å². The lowest BCUT2D eigenvalue weighted by Gasteiger charge is -2.21. The summed E-state index contributed by atoms with van der Waals surface area (Å²) in [5.74, 6) is -0.454. The quantitative estimate of drug-likeness (QED) is 0.838. The highest BCUT2D eigenvalue weighted by molar-refractivity contribution is 5.77. The van der Waals surface area contributed by atoms with E-state index in [1.165, 1.54) is 5.56 Å². The van der Waals surface area contributed by atoms with E-state index in [0.717, 1.165) is 18.4 Å². The van der Waals surface area contributed by atoms with Crippen molar-refractivity contribution in [3.8, 4) is 0 Å². The van der Waals surface area contributed by atoms with E-state index in [0.29, 0.717) is 5.92 Å². The fraction of sp³-hybridized carbons (Fsp3) is 0.500. The van der Waals surface area contributed by atoms with E-state index in [1.54, 1.807) is 0 Å². The average molecular weight is 233 g/mol. The van der Waals surface area contributed by atoms with Crippen LogP contribution in [0.15, 0.2) is 24.3 Å². The Bertz CT molecular complexity index is 436. The Labute approximate surface area is 102 Å². The molecule has 0 amide bonds. The molecule has 1 fully saturated rings. The van der Waals surface area contributed by atoms with Gasteiger partial charge in [0.25, 0.3) is 0 Å². The normalized spacial score (nSPS) is 19.1. The van der Waals surface area contributed by atoms with Crippen molar-refractivity contribution in [2.75, 3.05) is 0 Å². The fourth-order valence-electron chi connectivity index (χ4n) is 2.36. The van der Waals surface area contributed by atoms with Gasteiger partial charge in [-0.05, 0) is 29.9 Å². The Morgan fingerprint density at radius 1 is 1.41 bits per heavy atom. The molecule has 3 heteroatoms. The second kappa shape index (κ2) is 4.15. The van der Waals surface area contributed by atoms with Crippen molar-refractivity contribution < 1.29 is 9.90 Å². The molecule has 0 saturated heterocycles. The molecule has 1 unspecified atom stereocenters. The number of carboxylic acids is 1. The maximum atomic E-state index is 11.1. The van der Waals surface area contributed by atoms with Crippen LogP contribution in [0.4, 0.5) is 0 Å². The Morgan fingerprint density at radius 2 is 2.06 bits per heavy atom. The average Bonchev–Trinajstić information content (AvgIpc) is 3.09. The molecule has 0 aromatic heterocycles. The van der Waals surface area contributed by atoms with Crippen LogP contribution in [0.2, 0.25) is 0 Å². The summed E-state index contributed by atoms with van der Waals surface area (Å²) in [6, 6.07) is 7.41. The summed E-state index contributed by atoms with van der Waals surface area (Å²) in [4.78, 5) is 11.1. The van der Waals surface area contributed by atoms with Crippen molar-refractivity contribution in [1.29, 1.82) is 0 Å². The van der Waals surface area contributed by atoms with Crippen LogP contribution in [0.3, 0.4) is 0 Å². The largest absolute Gasteiger partial charge is 0.480 e. The smallest absolute Gasteiger partial charge is 0.321 e. The number of nitrogens with two attached hydrogens (primary N) is 1. The molecule has 1 atom stereocenters. The molecule has 0 heterocycles. The summed E-state index contributed by atoms with van der Waals surface area (Å²) in [7, 11) is 0. The van der Waals surface area contributed by atoms with Crippen molar-refractivity contribution in [1.82, 2.24) is 0 Å². The van der Waals surface area contributed by atoms with Gasteiger partial charge in [-0.25, -0.2) is 0 Å². The summed E-state index contributed by atoms with van der Waals surface area (Å²) in [6.45, 7) is 4.27. The second-order valence-corrected chi connectivity index (χ2v) is 5.25. The molecule has 1 aromatic rings. The first kappa shape index (κ1) is 12.1. The monoisotopic (exact) mass is 233 g/mol. The Morgan fingerprint density at radius 3 is 2.53 bits per heavy atom. The third kappa shape index (κ3) is 2.07. The van der Waals surface area contributed by atoms with E-state index in [-0.39, 0.29) is 5.41 Å². The van der Waals surface area contributed by atoms with Crippen LogP contribution in [0.5, 0.6) is 0 Å². The lowest BCUT2D eigenvalue weighted by atomic mass is 9.86. The maximum absolute atomic E-state index is 11.1. The number of carbonyl (C=O) groups is 1. The molecule has 92 valence electrons. The van der Waals surface area contributed by atoms with E-state index < -0.39 is 12.0 Å². The SMILES string of the molecule is CC(C)c1cccc(C2(C(N)C(=O)O)CC2)c1. The van der Waals surface area contributed by atoms with Crippen LogP contribution in [-0.4, -0.2) is 17.1 Å². The van der Waals surface area contributed by atoms with Crippen molar-refractivity contribution in [2.45, 2.75) is 44.1 Å². The molecule has 0 aliphatic heterocycles. The molecule has 0 bridgehead atoms. The van der Waals surface area contributed by atoms with Gasteiger partial charge >= 0.3 is 5.97 Å². The summed E-state index contributed by atoms with van der Waals surface area (Å²) >= 11 is 0. The molecule has 1 aromatic carbocycles. The van der Waals surface area contributed by atoms with E-state index in [2.05, 4.69) is 26.0 Å². The summed E-state index contributed by atoms with van der Waals surface area (Å²) in [5.41, 5.74) is 7.82. The molecule has 1 saturated carbocycles. The van der Waals surface area contributed by atoms with E-state index >= 15 is 0 Å². The van der Waals surface area contributed by atoms with Gasteiger partial charge in [0.2, 0.25) is 0 Å². The van der Waals surface area contributed by atoms with E-state index in [9.17, 15) is 4.79 Å². The summed E-state index contributed by atoms with van der Waals surface area (Å²) in [6.07, 6.45) is 1.75. The Hall–Kier alpha value is -1.35. The van der Waals surface area contributed by atoms with Crippen LogP contribution >= 0.6 is 0 Å². The summed E-state index contributed by atoms with van der Waals surface area (Å²) < 4.78 is 0. The molecule has 3 nitrogen and oxygen atoms in total. The number of carboxylic acid groups (broad SMARTS) is 1. The van der Waals surface area contributed by atoms with Crippen molar-refractivity contribution in [3.05, 3.63) is 35.4 Å². The molecule has 1 aliphatic rings. The van der Waals surface area contributed by atoms with E-state index in [1.807, 2.05) is 12.1 Å². The number of benzene rings is 1. The molecule has 2 rings (SSSR count). The van der Waals surface area contributed by atoms with Crippen LogP contribution < -0.4 is 5.73 Å². The van der Waals surface area contributed by atoms with Gasteiger partial charge in [-0.3, -0.25) is 4.79 Å². The second-order valence-electron chi connectivity index (χ2n) is 5.25. The first-order valence-electron chi connectivity index (χ1n) is 6.06. The molecule has 17 heavy (non-hydrogen) atoms. The first-order valence-corrected chi connectivity index (χ1v) is 6.06. The van der Waals surface area contributed by atoms with Crippen molar-refractivity contribution in [2.24, 2.45) is 5.73 Å². The topological polar surface area (TPSA) is 63.3 Å². The zero-order chi connectivity index (χ0) is 12.6. The zero-order valence-corrected chi connectivity index (χ0v) is 10.3. The molecule has 3 N–H and O–H groups in total. The minimum absolute atomic E-state index is 0.323. The third-order valence-corrected chi connectivity index (χ3v) is 3.78. The molecule has 1 aliphatic carbocycles. The lowest BCUT2D eigenvalue weighted by Crippen LogP contribution is -2.42. The summed E-state index contributed by atoms with van der Waals surface area (Å²) in [5, 5.41) is 9.07. The van der Waals surface area contributed by atoms with Gasteiger partial charge in [0.05, 0.1) is 0 Å². The maximum Gasteiger partial charge on any atom is 0.321 e. The molecule has 0 spiro atoms. The van der Waals surface area contributed by atoms with Gasteiger partial charge in [-0.15, -0.1) is 0 Å². The Balaban J connectivity index is 2.34. The molecular formula is C14H19NO2. The van der Waals surface area contributed by atoms with Gasteiger partial charge < -0.3 is 10.8 Å². The number of hydrogen-bond acceptors (Lipinski definition) is 2. The predicted molar refractivity (Wildman–Crippen MR) is 67.1 cm³/mol. The highest BCUT2D eigenvalue weighted by Crippen LogP contribution is 2.50. The number of aliphatic carboxylic acids is 1. The Kier molecular flexibility index (Phi) is 2.96. The van der Waals surface area contributed by atoms with Gasteiger partial charge in [0.15, 0.2) is 0 Å². The van der Waals surface area contributed by atoms with Crippen LogP contribution in [0, 0.1) is 0 Å². The number of rotatable bonds is 4. The minimum Gasteiger partial charge on any atom is -0.480 e. The van der Waals surface area contributed by atoms with Crippen molar-refractivity contribution >= 4 is 5.97 Å². The van der Waals surface area contributed by atoms with Gasteiger partial charge in [-0.1, -0.05) is 38.1 Å². The standard InChI is InChI=1S/C14H19NO2/c1-9(2)10-4-3-5-11(8-10)14(6-7-14)12(15)13(16)17/h3-5,8-9,12H,6-7,15H2,1-2H3,(H,16,17).